The Hall–Kier alpha value is -0.740. The first-order chi connectivity index (χ1) is 7.78. The number of piperidine rings is 1. The highest BCUT2D eigenvalue weighted by Crippen LogP contribution is 2.18. The Morgan fingerprint density at radius 1 is 1.44 bits per heavy atom. The Labute approximate surface area is 104 Å². The minimum absolute atomic E-state index is 0.275. The van der Waals surface area contributed by atoms with Gasteiger partial charge in [-0.2, -0.15) is 0 Å². The van der Waals surface area contributed by atoms with Crippen LogP contribution in [-0.4, -0.2) is 29.3 Å². The molecule has 0 radical (unpaired) electrons. The minimum Gasteiger partial charge on any atom is -0.303 e. The average molecular weight is 283 g/mol. The van der Waals surface area contributed by atoms with Crippen LogP contribution < -0.4 is 0 Å². The standard InChI is InChI=1S/C12H15BrN2O/c13-12-5-11(6-14-7-12)8-15-3-1-10(9-16)2-4-15/h5-7,9-10H,1-4,8H2. The maximum absolute atomic E-state index is 10.6. The number of nitrogens with zero attached hydrogens (tertiary/aromatic N) is 2. The summed E-state index contributed by atoms with van der Waals surface area (Å²) < 4.78 is 1.02. The zero-order chi connectivity index (χ0) is 11.4. The number of hydrogen-bond acceptors (Lipinski definition) is 3. The lowest BCUT2D eigenvalue weighted by molar-refractivity contribution is -0.112. The van der Waals surface area contributed by atoms with E-state index in [-0.39, 0.29) is 5.92 Å². The molecule has 0 aromatic carbocycles. The maximum Gasteiger partial charge on any atom is 0.123 e. The van der Waals surface area contributed by atoms with Crippen LogP contribution in [0.15, 0.2) is 22.9 Å². The van der Waals surface area contributed by atoms with Gasteiger partial charge in [0.2, 0.25) is 0 Å². The van der Waals surface area contributed by atoms with Gasteiger partial charge < -0.3 is 4.79 Å². The van der Waals surface area contributed by atoms with E-state index in [0.29, 0.717) is 0 Å². The number of likely N-dealkylation sites (tertiary alicyclic amines) is 1. The summed E-state index contributed by atoms with van der Waals surface area (Å²) in [5.74, 6) is 0.275. The molecule has 4 heteroatoms. The average Bonchev–Trinajstić information content (AvgIpc) is 2.30. The van der Waals surface area contributed by atoms with Crippen LogP contribution in [0.4, 0.5) is 0 Å². The topological polar surface area (TPSA) is 33.2 Å². The van der Waals surface area contributed by atoms with E-state index in [9.17, 15) is 4.79 Å². The summed E-state index contributed by atoms with van der Waals surface area (Å²) in [5, 5.41) is 0. The molecule has 16 heavy (non-hydrogen) atoms. The number of halogens is 1. The number of rotatable bonds is 3. The van der Waals surface area contributed by atoms with E-state index in [1.54, 1.807) is 6.20 Å². The second-order valence-corrected chi connectivity index (χ2v) is 5.18. The number of carbonyl (C=O) groups excluding carboxylic acids is 1. The van der Waals surface area contributed by atoms with Crippen molar-refractivity contribution in [1.29, 1.82) is 0 Å². The Kier molecular flexibility index (Phi) is 4.07. The predicted octanol–water partition coefficient (Wildman–Crippen LogP) is 2.26. The minimum atomic E-state index is 0.275. The highest BCUT2D eigenvalue weighted by molar-refractivity contribution is 9.10. The van der Waals surface area contributed by atoms with E-state index in [4.69, 9.17) is 0 Å². The van der Waals surface area contributed by atoms with Crippen molar-refractivity contribution in [3.8, 4) is 0 Å². The third-order valence-corrected chi connectivity index (χ3v) is 3.43. The van der Waals surface area contributed by atoms with Gasteiger partial charge in [-0.3, -0.25) is 9.88 Å². The van der Waals surface area contributed by atoms with Crippen LogP contribution in [0, 0.1) is 5.92 Å². The molecule has 0 unspecified atom stereocenters. The highest BCUT2D eigenvalue weighted by Gasteiger charge is 2.18. The Morgan fingerprint density at radius 2 is 2.19 bits per heavy atom. The fourth-order valence-corrected chi connectivity index (χ4v) is 2.46. The van der Waals surface area contributed by atoms with Crippen molar-refractivity contribution in [2.75, 3.05) is 13.1 Å². The van der Waals surface area contributed by atoms with Gasteiger partial charge in [0.05, 0.1) is 0 Å². The zero-order valence-electron chi connectivity index (χ0n) is 9.10. The quantitative estimate of drug-likeness (QED) is 0.798. The molecular formula is C12H15BrN2O. The summed E-state index contributed by atoms with van der Waals surface area (Å²) in [5.41, 5.74) is 1.22. The van der Waals surface area contributed by atoms with Crippen LogP contribution in [0.25, 0.3) is 0 Å². The van der Waals surface area contributed by atoms with E-state index in [2.05, 4.69) is 31.9 Å². The Bertz CT molecular complexity index is 362. The summed E-state index contributed by atoms with van der Waals surface area (Å²) >= 11 is 3.42. The molecule has 1 aromatic rings. The molecule has 1 saturated heterocycles. The highest BCUT2D eigenvalue weighted by atomic mass is 79.9. The lowest BCUT2D eigenvalue weighted by Gasteiger charge is -2.29. The van der Waals surface area contributed by atoms with Crippen LogP contribution in [0.5, 0.6) is 0 Å². The first-order valence-electron chi connectivity index (χ1n) is 5.55. The van der Waals surface area contributed by atoms with Crippen LogP contribution >= 0.6 is 15.9 Å². The zero-order valence-corrected chi connectivity index (χ0v) is 10.7. The fourth-order valence-electron chi connectivity index (χ4n) is 2.05. The monoisotopic (exact) mass is 282 g/mol. The second-order valence-electron chi connectivity index (χ2n) is 4.26. The summed E-state index contributed by atoms with van der Waals surface area (Å²) in [4.78, 5) is 17.2. The van der Waals surface area contributed by atoms with E-state index in [1.165, 1.54) is 5.56 Å². The largest absolute Gasteiger partial charge is 0.303 e. The lowest BCUT2D eigenvalue weighted by Crippen LogP contribution is -2.33. The van der Waals surface area contributed by atoms with E-state index < -0.39 is 0 Å². The normalized spacial score (nSPS) is 18.6. The van der Waals surface area contributed by atoms with Gasteiger partial charge in [-0.05, 0) is 53.5 Å². The fraction of sp³-hybridized carbons (Fsp3) is 0.500. The molecule has 1 aliphatic rings. The molecule has 2 rings (SSSR count). The van der Waals surface area contributed by atoms with Crippen LogP contribution in [0.2, 0.25) is 0 Å². The first-order valence-corrected chi connectivity index (χ1v) is 6.34. The van der Waals surface area contributed by atoms with Crippen molar-refractivity contribution < 1.29 is 4.79 Å². The molecule has 1 fully saturated rings. The van der Waals surface area contributed by atoms with Gasteiger partial charge in [-0.1, -0.05) is 0 Å². The summed E-state index contributed by atoms with van der Waals surface area (Å²) in [7, 11) is 0. The summed E-state index contributed by atoms with van der Waals surface area (Å²) in [6, 6.07) is 2.10. The number of aldehydes is 1. The number of carbonyl (C=O) groups is 1. The van der Waals surface area contributed by atoms with Crippen LogP contribution in [0.1, 0.15) is 18.4 Å². The van der Waals surface area contributed by atoms with Gasteiger partial charge in [0.25, 0.3) is 0 Å². The number of aromatic nitrogens is 1. The third-order valence-electron chi connectivity index (χ3n) is 2.99. The van der Waals surface area contributed by atoms with E-state index in [0.717, 1.165) is 43.2 Å². The first kappa shape index (κ1) is 11.7. The van der Waals surface area contributed by atoms with Crippen molar-refractivity contribution in [3.05, 3.63) is 28.5 Å². The molecule has 1 aliphatic heterocycles. The Morgan fingerprint density at radius 3 is 2.81 bits per heavy atom. The van der Waals surface area contributed by atoms with Crippen molar-refractivity contribution in [2.24, 2.45) is 5.92 Å². The molecule has 3 nitrogen and oxygen atoms in total. The van der Waals surface area contributed by atoms with Gasteiger partial charge in [0, 0.05) is 29.3 Å². The summed E-state index contributed by atoms with van der Waals surface area (Å²) in [6.45, 7) is 2.95. The smallest absolute Gasteiger partial charge is 0.123 e. The predicted molar refractivity (Wildman–Crippen MR) is 66.0 cm³/mol. The Balaban J connectivity index is 1.89. The lowest BCUT2D eigenvalue weighted by atomic mass is 9.98. The maximum atomic E-state index is 10.6. The SMILES string of the molecule is O=CC1CCN(Cc2cncc(Br)c2)CC1. The van der Waals surface area contributed by atoms with Crippen molar-refractivity contribution in [3.63, 3.8) is 0 Å². The molecule has 0 atom stereocenters. The molecule has 1 aromatic heterocycles. The third kappa shape index (κ3) is 3.12. The summed E-state index contributed by atoms with van der Waals surface area (Å²) in [6.07, 6.45) is 6.77. The van der Waals surface area contributed by atoms with Crippen molar-refractivity contribution in [1.82, 2.24) is 9.88 Å². The molecule has 0 aliphatic carbocycles. The van der Waals surface area contributed by atoms with Crippen molar-refractivity contribution >= 4 is 22.2 Å². The molecule has 86 valence electrons. The second kappa shape index (κ2) is 5.55. The molecule has 2 heterocycles. The number of hydrogen-bond donors (Lipinski definition) is 0. The molecule has 0 saturated carbocycles. The molecule has 0 spiro atoms. The van der Waals surface area contributed by atoms with E-state index in [1.807, 2.05) is 6.20 Å². The van der Waals surface area contributed by atoms with Gasteiger partial charge in [-0.15, -0.1) is 0 Å². The molecule has 0 amide bonds. The van der Waals surface area contributed by atoms with Crippen molar-refractivity contribution in [2.45, 2.75) is 19.4 Å². The number of pyridine rings is 1. The molecule has 0 N–H and O–H groups in total. The van der Waals surface area contributed by atoms with Gasteiger partial charge in [0.1, 0.15) is 6.29 Å². The van der Waals surface area contributed by atoms with E-state index >= 15 is 0 Å². The molecule has 0 bridgehead atoms. The van der Waals surface area contributed by atoms with Crippen LogP contribution in [0.3, 0.4) is 0 Å². The van der Waals surface area contributed by atoms with Crippen LogP contribution in [-0.2, 0) is 11.3 Å². The van der Waals surface area contributed by atoms with Gasteiger partial charge in [-0.25, -0.2) is 0 Å². The molecular weight excluding hydrogens is 268 g/mol. The van der Waals surface area contributed by atoms with Gasteiger partial charge >= 0.3 is 0 Å². The van der Waals surface area contributed by atoms with Gasteiger partial charge in [0.15, 0.2) is 0 Å².